The molecule has 0 aliphatic heterocycles. The van der Waals surface area contributed by atoms with Crippen LogP contribution < -0.4 is 20.7 Å². The lowest BCUT2D eigenvalue weighted by Crippen LogP contribution is -2.20. The largest absolute Gasteiger partial charge is 0.497 e. The molecule has 2 aromatic carbocycles. The van der Waals surface area contributed by atoms with Gasteiger partial charge in [-0.1, -0.05) is 18.2 Å². The average Bonchev–Trinajstić information content (AvgIpc) is 2.60. The molecule has 2 aromatic rings. The number of anilines is 3. The van der Waals surface area contributed by atoms with Crippen LogP contribution in [0.2, 0.25) is 0 Å². The second-order valence-corrected chi connectivity index (χ2v) is 4.99. The lowest BCUT2D eigenvalue weighted by Gasteiger charge is -2.13. The average molecular weight is 331 g/mol. The van der Waals surface area contributed by atoms with E-state index in [-0.39, 0.29) is 13.2 Å². The SMILES string of the molecule is COc1cc(NCCO)cc(NC(=O)Nc2ccccc2CO)c1. The first kappa shape index (κ1) is 17.6. The Kier molecular flexibility index (Phi) is 6.41. The molecule has 24 heavy (non-hydrogen) atoms. The summed E-state index contributed by atoms with van der Waals surface area (Å²) in [6.07, 6.45) is 0. The molecule has 0 fully saturated rings. The van der Waals surface area contributed by atoms with Gasteiger partial charge in [0.25, 0.3) is 0 Å². The molecule has 5 N–H and O–H groups in total. The molecule has 0 aliphatic carbocycles. The van der Waals surface area contributed by atoms with Gasteiger partial charge in [0.1, 0.15) is 5.75 Å². The molecule has 0 bridgehead atoms. The van der Waals surface area contributed by atoms with E-state index in [2.05, 4.69) is 16.0 Å². The topological polar surface area (TPSA) is 103 Å². The predicted octanol–water partition coefficient (Wildman–Crippen LogP) is 2.24. The molecule has 7 heteroatoms. The number of rotatable bonds is 7. The molecule has 0 saturated heterocycles. The number of ether oxygens (including phenoxy) is 1. The van der Waals surface area contributed by atoms with Crippen molar-refractivity contribution in [1.82, 2.24) is 0 Å². The third-order valence-electron chi connectivity index (χ3n) is 3.28. The summed E-state index contributed by atoms with van der Waals surface area (Å²) in [7, 11) is 1.53. The van der Waals surface area contributed by atoms with Crippen LogP contribution in [0.5, 0.6) is 5.75 Å². The zero-order chi connectivity index (χ0) is 17.4. The van der Waals surface area contributed by atoms with Crippen LogP contribution in [0.15, 0.2) is 42.5 Å². The molecular formula is C17H21N3O4. The van der Waals surface area contributed by atoms with E-state index in [0.717, 1.165) is 5.69 Å². The second-order valence-electron chi connectivity index (χ2n) is 4.99. The van der Waals surface area contributed by atoms with Gasteiger partial charge in [-0.25, -0.2) is 4.79 Å². The maximum absolute atomic E-state index is 12.2. The Morgan fingerprint density at radius 3 is 2.54 bits per heavy atom. The van der Waals surface area contributed by atoms with Crippen molar-refractivity contribution < 1.29 is 19.7 Å². The Labute approximate surface area is 140 Å². The number of carbonyl (C=O) groups is 1. The summed E-state index contributed by atoms with van der Waals surface area (Å²) >= 11 is 0. The highest BCUT2D eigenvalue weighted by atomic mass is 16.5. The highest BCUT2D eigenvalue weighted by Gasteiger charge is 2.08. The summed E-state index contributed by atoms with van der Waals surface area (Å²) in [6, 6.07) is 11.8. The molecule has 2 amide bonds. The van der Waals surface area contributed by atoms with Crippen LogP contribution in [0.1, 0.15) is 5.56 Å². The van der Waals surface area contributed by atoms with Gasteiger partial charge in [0.2, 0.25) is 0 Å². The van der Waals surface area contributed by atoms with Gasteiger partial charge < -0.3 is 30.9 Å². The van der Waals surface area contributed by atoms with Gasteiger partial charge in [-0.3, -0.25) is 0 Å². The smallest absolute Gasteiger partial charge is 0.323 e. The van der Waals surface area contributed by atoms with Crippen LogP contribution >= 0.6 is 0 Å². The Morgan fingerprint density at radius 2 is 1.83 bits per heavy atom. The van der Waals surface area contributed by atoms with Crippen molar-refractivity contribution >= 4 is 23.1 Å². The lowest BCUT2D eigenvalue weighted by atomic mass is 10.2. The normalized spacial score (nSPS) is 10.1. The van der Waals surface area contributed by atoms with E-state index in [1.807, 2.05) is 0 Å². The van der Waals surface area contributed by atoms with Crippen molar-refractivity contribution in [2.75, 3.05) is 36.2 Å². The Bertz CT molecular complexity index is 691. The standard InChI is InChI=1S/C17H21N3O4/c1-24-15-9-13(18-6-7-21)8-14(10-15)19-17(23)20-16-5-3-2-4-12(16)11-22/h2-5,8-10,18,21-22H,6-7,11H2,1H3,(H2,19,20,23). The molecule has 0 radical (unpaired) electrons. The number of nitrogens with one attached hydrogen (secondary N) is 3. The van der Waals surface area contributed by atoms with Gasteiger partial charge in [0.15, 0.2) is 0 Å². The molecular weight excluding hydrogens is 310 g/mol. The minimum Gasteiger partial charge on any atom is -0.497 e. The number of methoxy groups -OCH3 is 1. The van der Waals surface area contributed by atoms with Crippen molar-refractivity contribution in [3.63, 3.8) is 0 Å². The number of aliphatic hydroxyl groups is 2. The lowest BCUT2D eigenvalue weighted by molar-refractivity contribution is 0.262. The molecule has 0 heterocycles. The monoisotopic (exact) mass is 331 g/mol. The molecule has 0 aliphatic rings. The van der Waals surface area contributed by atoms with Crippen molar-refractivity contribution in [2.45, 2.75) is 6.61 Å². The molecule has 0 atom stereocenters. The summed E-state index contributed by atoms with van der Waals surface area (Å²) in [6.45, 7) is 0.228. The van der Waals surface area contributed by atoms with Gasteiger partial charge in [-0.2, -0.15) is 0 Å². The second kappa shape index (κ2) is 8.76. The molecule has 2 rings (SSSR count). The Morgan fingerprint density at radius 1 is 1.08 bits per heavy atom. The third-order valence-corrected chi connectivity index (χ3v) is 3.28. The van der Waals surface area contributed by atoms with Crippen LogP contribution in [-0.4, -0.2) is 36.5 Å². The van der Waals surface area contributed by atoms with E-state index in [1.165, 1.54) is 7.11 Å². The van der Waals surface area contributed by atoms with E-state index >= 15 is 0 Å². The van der Waals surface area contributed by atoms with E-state index in [0.29, 0.717) is 29.2 Å². The maximum Gasteiger partial charge on any atom is 0.323 e. The molecule has 7 nitrogen and oxygen atoms in total. The summed E-state index contributed by atoms with van der Waals surface area (Å²) in [4.78, 5) is 12.2. The third kappa shape index (κ3) is 4.87. The quantitative estimate of drug-likeness (QED) is 0.535. The van der Waals surface area contributed by atoms with Crippen LogP contribution in [0.25, 0.3) is 0 Å². The number of amides is 2. The summed E-state index contributed by atoms with van der Waals surface area (Å²) < 4.78 is 5.20. The Balaban J connectivity index is 2.10. The Hall–Kier alpha value is -2.77. The van der Waals surface area contributed by atoms with Crippen LogP contribution in [0.3, 0.4) is 0 Å². The minimum absolute atomic E-state index is 0.00159. The summed E-state index contributed by atoms with van der Waals surface area (Å²) in [5.41, 5.74) is 2.42. The first-order valence-electron chi connectivity index (χ1n) is 7.47. The van der Waals surface area contributed by atoms with E-state index in [1.54, 1.807) is 42.5 Å². The molecule has 0 aromatic heterocycles. The van der Waals surface area contributed by atoms with Crippen molar-refractivity contribution in [2.24, 2.45) is 0 Å². The highest BCUT2D eigenvalue weighted by molar-refractivity contribution is 6.00. The number of hydrogen-bond acceptors (Lipinski definition) is 5. The zero-order valence-electron chi connectivity index (χ0n) is 13.4. The molecule has 0 unspecified atom stereocenters. The van der Waals surface area contributed by atoms with Gasteiger partial charge >= 0.3 is 6.03 Å². The first-order valence-corrected chi connectivity index (χ1v) is 7.47. The number of hydrogen-bond donors (Lipinski definition) is 5. The number of aliphatic hydroxyl groups excluding tert-OH is 2. The number of urea groups is 1. The van der Waals surface area contributed by atoms with Crippen molar-refractivity contribution in [1.29, 1.82) is 0 Å². The van der Waals surface area contributed by atoms with E-state index in [9.17, 15) is 9.90 Å². The van der Waals surface area contributed by atoms with Gasteiger partial charge in [-0.05, 0) is 12.1 Å². The first-order chi connectivity index (χ1) is 11.7. The van der Waals surface area contributed by atoms with Crippen molar-refractivity contribution in [3.05, 3.63) is 48.0 Å². The summed E-state index contributed by atoms with van der Waals surface area (Å²) in [5, 5.41) is 26.6. The van der Waals surface area contributed by atoms with Gasteiger partial charge in [-0.15, -0.1) is 0 Å². The molecule has 0 saturated carbocycles. The number of benzene rings is 2. The highest BCUT2D eigenvalue weighted by Crippen LogP contribution is 2.24. The fourth-order valence-electron chi connectivity index (χ4n) is 2.16. The maximum atomic E-state index is 12.2. The number of carbonyl (C=O) groups excluding carboxylic acids is 1. The minimum atomic E-state index is -0.433. The molecule has 0 spiro atoms. The van der Waals surface area contributed by atoms with Gasteiger partial charge in [0, 0.05) is 41.3 Å². The van der Waals surface area contributed by atoms with Crippen LogP contribution in [-0.2, 0) is 6.61 Å². The fraction of sp³-hybridized carbons (Fsp3) is 0.235. The molecule has 128 valence electrons. The summed E-state index contributed by atoms with van der Waals surface area (Å²) in [5.74, 6) is 0.573. The van der Waals surface area contributed by atoms with Crippen LogP contribution in [0.4, 0.5) is 21.9 Å². The van der Waals surface area contributed by atoms with Crippen molar-refractivity contribution in [3.8, 4) is 5.75 Å². The van der Waals surface area contributed by atoms with E-state index < -0.39 is 6.03 Å². The van der Waals surface area contributed by atoms with E-state index in [4.69, 9.17) is 9.84 Å². The number of para-hydroxylation sites is 1. The predicted molar refractivity (Wildman–Crippen MR) is 93.6 cm³/mol. The fourth-order valence-corrected chi connectivity index (χ4v) is 2.16. The van der Waals surface area contributed by atoms with Crippen LogP contribution in [0, 0.1) is 0 Å². The zero-order valence-corrected chi connectivity index (χ0v) is 13.4. The van der Waals surface area contributed by atoms with Gasteiger partial charge in [0.05, 0.1) is 20.3 Å².